The molecule has 0 fully saturated rings. The highest BCUT2D eigenvalue weighted by Gasteiger charge is 2.33. The van der Waals surface area contributed by atoms with Gasteiger partial charge in [-0.2, -0.15) is 0 Å². The summed E-state index contributed by atoms with van der Waals surface area (Å²) < 4.78 is 12.6. The Balaban J connectivity index is 1.83. The molecule has 0 N–H and O–H groups in total. The minimum Gasteiger partial charge on any atom is -0.490 e. The van der Waals surface area contributed by atoms with Gasteiger partial charge >= 0.3 is 5.97 Å². The molecule has 2 aromatic heterocycles. The Bertz CT molecular complexity index is 1330. The van der Waals surface area contributed by atoms with Crippen molar-refractivity contribution in [3.8, 4) is 5.75 Å². The van der Waals surface area contributed by atoms with Gasteiger partial charge in [-0.05, 0) is 42.1 Å². The number of benzene rings is 1. The third-order valence-corrected chi connectivity index (χ3v) is 6.69. The van der Waals surface area contributed by atoms with Crippen LogP contribution in [-0.2, 0) is 9.53 Å². The largest absolute Gasteiger partial charge is 0.490 e. The maximum atomic E-state index is 13.4. The van der Waals surface area contributed by atoms with Crippen molar-refractivity contribution in [2.75, 3.05) is 13.7 Å². The number of fused-ring (bicyclic) bond motifs is 1. The number of rotatable bonds is 6. The number of carbonyl (C=O) groups excluding carboxylic acids is 1. The molecule has 4 rings (SSSR count). The van der Waals surface area contributed by atoms with Crippen molar-refractivity contribution in [1.82, 2.24) is 4.57 Å². The molecule has 1 aliphatic rings. The molecule has 31 heavy (non-hydrogen) atoms. The summed E-state index contributed by atoms with van der Waals surface area (Å²) >= 11 is 2.79. The summed E-state index contributed by atoms with van der Waals surface area (Å²) in [6.07, 6.45) is 3.51. The fourth-order valence-corrected chi connectivity index (χ4v) is 5.25. The van der Waals surface area contributed by atoms with Crippen LogP contribution in [0.4, 0.5) is 0 Å². The van der Waals surface area contributed by atoms with Crippen LogP contribution in [0.15, 0.2) is 75.5 Å². The summed E-state index contributed by atoms with van der Waals surface area (Å²) in [6, 6.07) is 10.7. The number of carbonyl (C=O) groups is 1. The monoisotopic (exact) mass is 452 g/mol. The zero-order valence-electron chi connectivity index (χ0n) is 17.0. The Kier molecular flexibility index (Phi) is 6.01. The van der Waals surface area contributed by atoms with Crippen molar-refractivity contribution >= 4 is 34.7 Å². The first-order valence-corrected chi connectivity index (χ1v) is 11.2. The summed E-state index contributed by atoms with van der Waals surface area (Å²) in [7, 11) is 1.33. The molecule has 0 bridgehead atoms. The predicted molar refractivity (Wildman–Crippen MR) is 122 cm³/mol. The number of methoxy groups -OCH3 is 1. The number of nitrogens with zero attached hydrogens (tertiary/aromatic N) is 2. The third kappa shape index (κ3) is 4.04. The molecule has 1 unspecified atom stereocenters. The lowest BCUT2D eigenvalue weighted by Crippen LogP contribution is -2.39. The van der Waals surface area contributed by atoms with Crippen LogP contribution in [0.3, 0.4) is 0 Å². The first-order chi connectivity index (χ1) is 15.0. The van der Waals surface area contributed by atoms with Crippen molar-refractivity contribution < 1.29 is 14.3 Å². The maximum Gasteiger partial charge on any atom is 0.338 e. The Morgan fingerprint density at radius 2 is 2.06 bits per heavy atom. The summed E-state index contributed by atoms with van der Waals surface area (Å²) in [5.41, 5.74) is 1.62. The van der Waals surface area contributed by atoms with Crippen LogP contribution in [-0.4, -0.2) is 24.3 Å². The number of allylic oxidation sites excluding steroid dienone is 1. The van der Waals surface area contributed by atoms with Gasteiger partial charge in [0.05, 0.1) is 22.9 Å². The molecular weight excluding hydrogens is 432 g/mol. The van der Waals surface area contributed by atoms with E-state index in [1.165, 1.54) is 29.8 Å². The van der Waals surface area contributed by atoms with Gasteiger partial charge < -0.3 is 9.47 Å². The molecule has 0 radical (unpaired) electrons. The van der Waals surface area contributed by atoms with Crippen molar-refractivity contribution in [3.63, 3.8) is 0 Å². The highest BCUT2D eigenvalue weighted by Crippen LogP contribution is 2.32. The van der Waals surface area contributed by atoms with Crippen molar-refractivity contribution in [1.29, 1.82) is 0 Å². The van der Waals surface area contributed by atoms with Crippen LogP contribution in [0, 0.1) is 0 Å². The van der Waals surface area contributed by atoms with Gasteiger partial charge in [-0.25, -0.2) is 9.79 Å². The molecule has 158 valence electrons. The van der Waals surface area contributed by atoms with Gasteiger partial charge in [-0.1, -0.05) is 42.2 Å². The molecular formula is C23H20N2O4S2. The van der Waals surface area contributed by atoms with Crippen LogP contribution in [0.1, 0.15) is 23.4 Å². The van der Waals surface area contributed by atoms with E-state index in [0.717, 1.165) is 16.2 Å². The fraction of sp³-hybridized carbons (Fsp3) is 0.174. The fourth-order valence-electron chi connectivity index (χ4n) is 3.38. The average molecular weight is 453 g/mol. The number of hydrogen-bond acceptors (Lipinski definition) is 7. The lowest BCUT2D eigenvalue weighted by Gasteiger charge is -2.22. The van der Waals surface area contributed by atoms with E-state index in [1.54, 1.807) is 17.6 Å². The molecule has 1 atom stereocenters. The number of aromatic nitrogens is 1. The summed E-state index contributed by atoms with van der Waals surface area (Å²) in [5.74, 6) is 0.249. The molecule has 0 saturated carbocycles. The second-order valence-corrected chi connectivity index (χ2v) is 8.75. The lowest BCUT2D eigenvalue weighted by molar-refractivity contribution is -0.136. The van der Waals surface area contributed by atoms with Gasteiger partial charge in [0.15, 0.2) is 4.80 Å². The molecule has 0 aliphatic carbocycles. The molecule has 6 nitrogen and oxygen atoms in total. The zero-order chi connectivity index (χ0) is 22.0. The van der Waals surface area contributed by atoms with Gasteiger partial charge in [-0.15, -0.1) is 11.3 Å². The van der Waals surface area contributed by atoms with Gasteiger partial charge in [0.2, 0.25) is 0 Å². The Hall–Kier alpha value is -3.23. The van der Waals surface area contributed by atoms with Crippen LogP contribution in [0.25, 0.3) is 6.08 Å². The number of hydrogen-bond donors (Lipinski definition) is 0. The van der Waals surface area contributed by atoms with Crippen LogP contribution in [0.2, 0.25) is 0 Å². The predicted octanol–water partition coefficient (Wildman–Crippen LogP) is 3.03. The van der Waals surface area contributed by atoms with E-state index in [9.17, 15) is 9.59 Å². The van der Waals surface area contributed by atoms with E-state index in [0.29, 0.717) is 27.2 Å². The number of ether oxygens (including phenoxy) is 2. The molecule has 0 amide bonds. The summed E-state index contributed by atoms with van der Waals surface area (Å²) in [6.45, 7) is 5.84. The highest BCUT2D eigenvalue weighted by atomic mass is 32.1. The first-order valence-electron chi connectivity index (χ1n) is 9.51. The summed E-state index contributed by atoms with van der Waals surface area (Å²) in [5, 5.41) is 1.92. The quantitative estimate of drug-likeness (QED) is 0.426. The molecule has 8 heteroatoms. The molecule has 3 aromatic rings. The van der Waals surface area contributed by atoms with Crippen molar-refractivity contribution in [2.45, 2.75) is 13.0 Å². The molecule has 0 spiro atoms. The number of esters is 1. The first kappa shape index (κ1) is 21.0. The van der Waals surface area contributed by atoms with E-state index >= 15 is 0 Å². The summed E-state index contributed by atoms with van der Waals surface area (Å²) in [4.78, 5) is 31.9. The van der Waals surface area contributed by atoms with Crippen LogP contribution in [0.5, 0.6) is 5.75 Å². The van der Waals surface area contributed by atoms with Gasteiger partial charge in [0.25, 0.3) is 5.56 Å². The molecule has 1 aromatic carbocycles. The highest BCUT2D eigenvalue weighted by molar-refractivity contribution is 7.10. The standard InChI is InChI=1S/C23H20N2O4S2/c1-4-11-29-16-9-7-15(8-10-16)13-18-21(26)25-20(17-6-5-12-30-17)19(22(27)28-3)14(2)24-23(25)31-18/h4-10,12-13,20H,1,11H2,2-3H3. The van der Waals surface area contributed by atoms with Gasteiger partial charge in [-0.3, -0.25) is 9.36 Å². The maximum absolute atomic E-state index is 13.4. The topological polar surface area (TPSA) is 69.9 Å². The second-order valence-electron chi connectivity index (χ2n) is 6.76. The van der Waals surface area contributed by atoms with Crippen LogP contribution < -0.4 is 19.6 Å². The zero-order valence-corrected chi connectivity index (χ0v) is 18.7. The van der Waals surface area contributed by atoms with Gasteiger partial charge in [0.1, 0.15) is 18.4 Å². The van der Waals surface area contributed by atoms with Gasteiger partial charge in [0, 0.05) is 4.88 Å². The van der Waals surface area contributed by atoms with E-state index in [2.05, 4.69) is 11.6 Å². The van der Waals surface area contributed by atoms with E-state index < -0.39 is 12.0 Å². The van der Waals surface area contributed by atoms with E-state index in [4.69, 9.17) is 9.47 Å². The Morgan fingerprint density at radius 1 is 1.29 bits per heavy atom. The minimum atomic E-state index is -0.555. The second kappa shape index (κ2) is 8.87. The Labute approximate surface area is 186 Å². The molecule has 3 heterocycles. The van der Waals surface area contributed by atoms with E-state index in [1.807, 2.05) is 47.9 Å². The lowest BCUT2D eigenvalue weighted by atomic mass is 10.0. The van der Waals surface area contributed by atoms with Crippen molar-refractivity contribution in [2.24, 2.45) is 4.99 Å². The van der Waals surface area contributed by atoms with E-state index in [-0.39, 0.29) is 5.56 Å². The average Bonchev–Trinajstić information content (AvgIpc) is 3.41. The number of thiophene rings is 1. The normalized spacial score (nSPS) is 15.9. The molecule has 0 saturated heterocycles. The third-order valence-electron chi connectivity index (χ3n) is 4.79. The Morgan fingerprint density at radius 3 is 2.71 bits per heavy atom. The smallest absolute Gasteiger partial charge is 0.338 e. The van der Waals surface area contributed by atoms with Crippen molar-refractivity contribution in [3.05, 3.63) is 95.8 Å². The van der Waals surface area contributed by atoms with Crippen LogP contribution >= 0.6 is 22.7 Å². The molecule has 1 aliphatic heterocycles. The minimum absolute atomic E-state index is 0.192. The SMILES string of the molecule is C=CCOc1ccc(C=c2sc3n(c2=O)C(c2cccs2)C(C(=O)OC)=C(C)N=3)cc1. The number of thiazole rings is 1.